The van der Waals surface area contributed by atoms with Crippen molar-refractivity contribution in [1.29, 1.82) is 0 Å². The maximum Gasteiger partial charge on any atom is 0.391 e. The fourth-order valence-corrected chi connectivity index (χ4v) is 2.45. The number of rotatable bonds is 2. The molecule has 8 heteroatoms. The second-order valence-electron chi connectivity index (χ2n) is 5.14. The van der Waals surface area contributed by atoms with E-state index in [0.717, 1.165) is 0 Å². The number of oxime groups is 1. The largest absolute Gasteiger partial charge is 0.409 e. The molecule has 0 radical (unpaired) electrons. The molecule has 0 saturated carbocycles. The molecule has 0 bridgehead atoms. The van der Waals surface area contributed by atoms with E-state index < -0.39 is 12.1 Å². The SMILES string of the molecule is Cc1cc(/C(N)=N/O)cc(N2CCC(C(F)(F)F)CC2)n1. The summed E-state index contributed by atoms with van der Waals surface area (Å²) in [5.74, 6) is -0.744. The number of hydrogen-bond acceptors (Lipinski definition) is 4. The Morgan fingerprint density at radius 1 is 1.38 bits per heavy atom. The number of aromatic nitrogens is 1. The summed E-state index contributed by atoms with van der Waals surface area (Å²) in [4.78, 5) is 6.11. The first-order chi connectivity index (χ1) is 9.81. The lowest BCUT2D eigenvalue weighted by atomic mass is 9.96. The van der Waals surface area contributed by atoms with E-state index in [2.05, 4.69) is 10.1 Å². The Hall–Kier alpha value is -1.99. The van der Waals surface area contributed by atoms with E-state index >= 15 is 0 Å². The van der Waals surface area contributed by atoms with E-state index in [-0.39, 0.29) is 31.8 Å². The lowest BCUT2D eigenvalue weighted by molar-refractivity contribution is -0.179. The summed E-state index contributed by atoms with van der Waals surface area (Å²) in [7, 11) is 0. The van der Waals surface area contributed by atoms with Crippen LogP contribution in [0.15, 0.2) is 17.3 Å². The molecule has 1 aromatic heterocycles. The van der Waals surface area contributed by atoms with Gasteiger partial charge < -0.3 is 15.8 Å². The number of alkyl halides is 3. The number of amidine groups is 1. The van der Waals surface area contributed by atoms with Crippen molar-refractivity contribution >= 4 is 11.7 Å². The van der Waals surface area contributed by atoms with Crippen LogP contribution in [0.2, 0.25) is 0 Å². The molecule has 1 fully saturated rings. The van der Waals surface area contributed by atoms with E-state index in [0.29, 0.717) is 17.1 Å². The van der Waals surface area contributed by atoms with Gasteiger partial charge in [-0.1, -0.05) is 5.16 Å². The molecule has 0 aromatic carbocycles. The number of anilines is 1. The minimum atomic E-state index is -4.13. The van der Waals surface area contributed by atoms with Gasteiger partial charge in [0, 0.05) is 24.3 Å². The molecular formula is C13H17F3N4O. The van der Waals surface area contributed by atoms with Crippen LogP contribution in [0.5, 0.6) is 0 Å². The average Bonchev–Trinajstić information content (AvgIpc) is 2.45. The Kier molecular flexibility index (Phi) is 4.24. The third-order valence-electron chi connectivity index (χ3n) is 3.63. The highest BCUT2D eigenvalue weighted by molar-refractivity contribution is 5.97. The highest BCUT2D eigenvalue weighted by Crippen LogP contribution is 2.35. The highest BCUT2D eigenvalue weighted by atomic mass is 19.4. The van der Waals surface area contributed by atoms with Crippen molar-refractivity contribution in [2.75, 3.05) is 18.0 Å². The zero-order valence-corrected chi connectivity index (χ0v) is 11.6. The van der Waals surface area contributed by atoms with Crippen LogP contribution in [0.4, 0.5) is 19.0 Å². The molecule has 5 nitrogen and oxygen atoms in total. The summed E-state index contributed by atoms with van der Waals surface area (Å²) in [5, 5.41) is 11.6. The Morgan fingerprint density at radius 3 is 2.52 bits per heavy atom. The first-order valence-corrected chi connectivity index (χ1v) is 6.59. The average molecular weight is 302 g/mol. The van der Waals surface area contributed by atoms with Gasteiger partial charge in [0.25, 0.3) is 0 Å². The lowest BCUT2D eigenvalue weighted by Crippen LogP contribution is -2.39. The molecule has 0 spiro atoms. The van der Waals surface area contributed by atoms with Crippen LogP contribution < -0.4 is 10.6 Å². The van der Waals surface area contributed by atoms with Gasteiger partial charge in [-0.3, -0.25) is 0 Å². The number of halogens is 3. The maximum absolute atomic E-state index is 12.7. The first kappa shape index (κ1) is 15.4. The maximum atomic E-state index is 12.7. The molecule has 3 N–H and O–H groups in total. The second-order valence-corrected chi connectivity index (χ2v) is 5.14. The molecular weight excluding hydrogens is 285 g/mol. The summed E-state index contributed by atoms with van der Waals surface area (Å²) < 4.78 is 38.0. The third kappa shape index (κ3) is 3.56. The molecule has 0 atom stereocenters. The summed E-state index contributed by atoms with van der Waals surface area (Å²) >= 11 is 0. The third-order valence-corrected chi connectivity index (χ3v) is 3.63. The Morgan fingerprint density at radius 2 is 2.00 bits per heavy atom. The molecule has 2 rings (SSSR count). The predicted octanol–water partition coefficient (Wildman–Crippen LogP) is 2.26. The summed E-state index contributed by atoms with van der Waals surface area (Å²) in [6, 6.07) is 3.27. The standard InChI is InChI=1S/C13H17F3N4O/c1-8-6-9(12(17)19-21)7-11(18-8)20-4-2-10(3-5-20)13(14,15)16/h6-7,10,21H,2-5H2,1H3,(H2,17,19). The van der Waals surface area contributed by atoms with Gasteiger partial charge in [-0.2, -0.15) is 13.2 Å². The van der Waals surface area contributed by atoms with E-state index in [4.69, 9.17) is 10.9 Å². The highest BCUT2D eigenvalue weighted by Gasteiger charge is 2.41. The summed E-state index contributed by atoms with van der Waals surface area (Å²) in [6.45, 7) is 2.33. The molecule has 1 aliphatic rings. The zero-order chi connectivity index (χ0) is 15.6. The van der Waals surface area contributed by atoms with E-state index in [9.17, 15) is 13.2 Å². The number of hydrogen-bond donors (Lipinski definition) is 2. The molecule has 116 valence electrons. The van der Waals surface area contributed by atoms with Gasteiger partial charge in [0.1, 0.15) is 5.82 Å². The van der Waals surface area contributed by atoms with Gasteiger partial charge >= 0.3 is 6.18 Å². The van der Waals surface area contributed by atoms with Crippen LogP contribution in [0.3, 0.4) is 0 Å². The van der Waals surface area contributed by atoms with Crippen LogP contribution in [0.25, 0.3) is 0 Å². The quantitative estimate of drug-likeness (QED) is 0.380. The molecule has 1 aromatic rings. The first-order valence-electron chi connectivity index (χ1n) is 6.59. The van der Waals surface area contributed by atoms with Crippen LogP contribution in [-0.2, 0) is 0 Å². The fraction of sp³-hybridized carbons (Fsp3) is 0.538. The fourth-order valence-electron chi connectivity index (χ4n) is 2.45. The Labute approximate surface area is 120 Å². The van der Waals surface area contributed by atoms with Crippen LogP contribution in [0, 0.1) is 12.8 Å². The molecule has 0 aliphatic carbocycles. The van der Waals surface area contributed by atoms with Crippen LogP contribution in [-0.4, -0.2) is 35.3 Å². The van der Waals surface area contributed by atoms with Gasteiger partial charge in [0.2, 0.25) is 0 Å². The number of nitrogens with two attached hydrogens (primary N) is 1. The van der Waals surface area contributed by atoms with Crippen molar-refractivity contribution in [1.82, 2.24) is 4.98 Å². The van der Waals surface area contributed by atoms with Gasteiger partial charge in [-0.25, -0.2) is 4.98 Å². The number of nitrogens with zero attached hydrogens (tertiary/aromatic N) is 3. The van der Waals surface area contributed by atoms with Crippen molar-refractivity contribution in [3.8, 4) is 0 Å². The Bertz CT molecular complexity index is 537. The molecule has 0 unspecified atom stereocenters. The molecule has 0 amide bonds. The number of piperidine rings is 1. The van der Waals surface area contributed by atoms with Crippen molar-refractivity contribution in [2.45, 2.75) is 25.9 Å². The molecule has 1 saturated heterocycles. The van der Waals surface area contributed by atoms with Crippen molar-refractivity contribution in [3.63, 3.8) is 0 Å². The predicted molar refractivity (Wildman–Crippen MR) is 72.5 cm³/mol. The van der Waals surface area contributed by atoms with Gasteiger partial charge in [0.05, 0.1) is 5.92 Å². The van der Waals surface area contributed by atoms with Crippen LogP contribution >= 0.6 is 0 Å². The summed E-state index contributed by atoms with van der Waals surface area (Å²) in [5.41, 5.74) is 6.70. The second kappa shape index (κ2) is 5.79. The van der Waals surface area contributed by atoms with Crippen molar-refractivity contribution in [3.05, 3.63) is 23.4 Å². The van der Waals surface area contributed by atoms with E-state index in [1.54, 1.807) is 24.0 Å². The van der Waals surface area contributed by atoms with E-state index in [1.165, 1.54) is 0 Å². The van der Waals surface area contributed by atoms with Crippen LogP contribution in [0.1, 0.15) is 24.1 Å². The normalized spacial score (nSPS) is 18.1. The number of aryl methyl sites for hydroxylation is 1. The summed E-state index contributed by atoms with van der Waals surface area (Å²) in [6.07, 6.45) is -4.03. The minimum absolute atomic E-state index is 0.0491. The Balaban J connectivity index is 2.15. The monoisotopic (exact) mass is 302 g/mol. The lowest BCUT2D eigenvalue weighted by Gasteiger charge is -2.33. The molecule has 1 aliphatic heterocycles. The topological polar surface area (TPSA) is 74.7 Å². The smallest absolute Gasteiger partial charge is 0.391 e. The molecule has 21 heavy (non-hydrogen) atoms. The van der Waals surface area contributed by atoms with Crippen molar-refractivity contribution in [2.24, 2.45) is 16.8 Å². The zero-order valence-electron chi connectivity index (χ0n) is 11.6. The number of pyridine rings is 1. The minimum Gasteiger partial charge on any atom is -0.409 e. The van der Waals surface area contributed by atoms with E-state index in [1.807, 2.05) is 0 Å². The molecule has 2 heterocycles. The van der Waals surface area contributed by atoms with Gasteiger partial charge in [0.15, 0.2) is 5.84 Å². The van der Waals surface area contributed by atoms with Crippen molar-refractivity contribution < 1.29 is 18.4 Å². The van der Waals surface area contributed by atoms with Gasteiger partial charge in [-0.05, 0) is 31.9 Å². The van der Waals surface area contributed by atoms with Gasteiger partial charge in [-0.15, -0.1) is 0 Å².